The number of aromatic nitrogens is 1. The molecule has 21 heavy (non-hydrogen) atoms. The summed E-state index contributed by atoms with van der Waals surface area (Å²) in [6.45, 7) is 1.10. The van der Waals surface area contributed by atoms with Gasteiger partial charge in [0.2, 0.25) is 5.88 Å². The van der Waals surface area contributed by atoms with E-state index in [1.165, 1.54) is 6.92 Å². The second-order valence-corrected chi connectivity index (χ2v) is 4.51. The van der Waals surface area contributed by atoms with Crippen LogP contribution in [-0.2, 0) is 10.9 Å². The number of carbonyl (C=O) groups excluding carboxylic acids is 1. The number of pyridine rings is 1. The Kier molecular flexibility index (Phi) is 5.28. The van der Waals surface area contributed by atoms with Gasteiger partial charge in [-0.05, 0) is 29.5 Å². The molecule has 0 aliphatic heterocycles. The first-order valence-corrected chi connectivity index (χ1v) is 6.23. The van der Waals surface area contributed by atoms with E-state index >= 15 is 0 Å². The molecule has 0 saturated heterocycles. The van der Waals surface area contributed by atoms with Crippen molar-refractivity contribution in [1.29, 1.82) is 0 Å². The molecule has 1 rings (SSSR count). The third kappa shape index (κ3) is 4.61. The van der Waals surface area contributed by atoms with Gasteiger partial charge >= 0.3 is 18.5 Å². The van der Waals surface area contributed by atoms with Crippen molar-refractivity contribution in [3.63, 3.8) is 0 Å². The maximum atomic E-state index is 12.7. The Morgan fingerprint density at radius 1 is 1.29 bits per heavy atom. The fourth-order valence-electron chi connectivity index (χ4n) is 1.24. The van der Waals surface area contributed by atoms with E-state index in [1.807, 2.05) is 0 Å². The predicted molar refractivity (Wildman–Crippen MR) is 64.6 cm³/mol. The molecule has 0 aliphatic rings. The first kappa shape index (κ1) is 17.8. The maximum Gasteiger partial charge on any atom is 0.574 e. The van der Waals surface area contributed by atoms with Crippen molar-refractivity contribution >= 4 is 28.6 Å². The number of hydrogen-bond acceptors (Lipinski definition) is 4. The average molecular weight is 429 g/mol. The summed E-state index contributed by atoms with van der Waals surface area (Å²) in [4.78, 5) is 14.5. The van der Waals surface area contributed by atoms with Gasteiger partial charge in [-0.25, -0.2) is 9.78 Å². The Labute approximate surface area is 127 Å². The molecule has 0 fully saturated rings. The molecular weight excluding hydrogens is 423 g/mol. The lowest BCUT2D eigenvalue weighted by Crippen LogP contribution is -2.23. The van der Waals surface area contributed by atoms with Crippen LogP contribution >= 0.6 is 22.6 Å². The van der Waals surface area contributed by atoms with Crippen molar-refractivity contribution in [3.8, 4) is 5.88 Å². The Morgan fingerprint density at radius 3 is 2.29 bits per heavy atom. The number of carbonyl (C=O) groups is 1. The zero-order valence-corrected chi connectivity index (χ0v) is 12.3. The Bertz CT molecular complexity index is 543. The van der Waals surface area contributed by atoms with Crippen LogP contribution in [0, 0.1) is 3.57 Å². The molecule has 1 aromatic heterocycles. The summed E-state index contributed by atoms with van der Waals surface area (Å²) in [5.74, 6) is -2.68. The average Bonchev–Trinajstić information content (AvgIpc) is 2.25. The molecular formula is C10H6F6INO3. The van der Waals surface area contributed by atoms with E-state index in [4.69, 9.17) is 0 Å². The molecule has 0 atom stereocenters. The topological polar surface area (TPSA) is 48.4 Å². The van der Waals surface area contributed by atoms with Crippen LogP contribution in [0.5, 0.6) is 5.88 Å². The predicted octanol–water partition coefficient (Wildman–Crippen LogP) is 3.78. The van der Waals surface area contributed by atoms with E-state index in [9.17, 15) is 31.1 Å². The van der Waals surface area contributed by atoms with E-state index in [0.717, 1.165) is 22.6 Å². The number of hydrogen-bond donors (Lipinski definition) is 0. The van der Waals surface area contributed by atoms with Gasteiger partial charge in [0, 0.05) is 9.77 Å². The second-order valence-electron chi connectivity index (χ2n) is 3.43. The highest BCUT2D eigenvalue weighted by Gasteiger charge is 2.40. The van der Waals surface area contributed by atoms with Crippen LogP contribution in [0.4, 0.5) is 26.3 Å². The van der Waals surface area contributed by atoms with E-state index in [0.29, 0.717) is 0 Å². The molecule has 0 spiro atoms. The van der Waals surface area contributed by atoms with E-state index in [-0.39, 0.29) is 12.8 Å². The lowest BCUT2D eigenvalue weighted by atomic mass is 10.2. The van der Waals surface area contributed by atoms with Gasteiger partial charge < -0.3 is 9.47 Å². The van der Waals surface area contributed by atoms with Gasteiger partial charge in [-0.1, -0.05) is 0 Å². The van der Waals surface area contributed by atoms with Crippen LogP contribution in [0.25, 0.3) is 0 Å². The molecule has 0 amide bonds. The first-order chi connectivity index (χ1) is 9.47. The summed E-state index contributed by atoms with van der Waals surface area (Å²) in [7, 11) is 0. The monoisotopic (exact) mass is 429 g/mol. The quantitative estimate of drug-likeness (QED) is 0.417. The molecule has 4 nitrogen and oxygen atoms in total. The van der Waals surface area contributed by atoms with Gasteiger partial charge in [-0.3, -0.25) is 0 Å². The van der Waals surface area contributed by atoms with Crippen molar-refractivity contribution in [3.05, 3.63) is 20.9 Å². The molecule has 0 bridgehead atoms. The number of esters is 1. The van der Waals surface area contributed by atoms with Crippen LogP contribution < -0.4 is 4.74 Å². The molecule has 1 aromatic rings. The lowest BCUT2D eigenvalue weighted by molar-refractivity contribution is -0.276. The lowest BCUT2D eigenvalue weighted by Gasteiger charge is -2.16. The summed E-state index contributed by atoms with van der Waals surface area (Å²) in [5, 5.41) is 0. The van der Waals surface area contributed by atoms with Gasteiger partial charge in [0.25, 0.3) is 0 Å². The highest BCUT2D eigenvalue weighted by molar-refractivity contribution is 14.1. The van der Waals surface area contributed by atoms with Gasteiger partial charge in [0.05, 0.1) is 12.2 Å². The molecule has 0 aliphatic carbocycles. The smallest absolute Gasteiger partial charge is 0.462 e. The van der Waals surface area contributed by atoms with Crippen molar-refractivity contribution in [1.82, 2.24) is 4.98 Å². The summed E-state index contributed by atoms with van der Waals surface area (Å²) in [6, 6.07) is 0. The molecule has 0 aromatic carbocycles. The minimum Gasteiger partial charge on any atom is -0.462 e. The van der Waals surface area contributed by atoms with Gasteiger partial charge in [0.15, 0.2) is 0 Å². The van der Waals surface area contributed by atoms with Crippen LogP contribution in [-0.4, -0.2) is 23.9 Å². The molecule has 1 heterocycles. The fourth-order valence-corrected chi connectivity index (χ4v) is 2.13. The van der Waals surface area contributed by atoms with Gasteiger partial charge in [-0.2, -0.15) is 13.2 Å². The molecule has 118 valence electrons. The highest BCUT2D eigenvalue weighted by atomic mass is 127. The molecule has 0 unspecified atom stereocenters. The number of rotatable bonds is 3. The normalized spacial score (nSPS) is 12.2. The Morgan fingerprint density at radius 2 is 1.86 bits per heavy atom. The van der Waals surface area contributed by atoms with E-state index < -0.39 is 39.1 Å². The van der Waals surface area contributed by atoms with Crippen LogP contribution in [0.2, 0.25) is 0 Å². The van der Waals surface area contributed by atoms with Crippen molar-refractivity contribution in [2.75, 3.05) is 6.61 Å². The van der Waals surface area contributed by atoms with Gasteiger partial charge in [0.1, 0.15) is 5.56 Å². The summed E-state index contributed by atoms with van der Waals surface area (Å²) in [6.07, 6.45) is -9.94. The third-order valence-electron chi connectivity index (χ3n) is 1.98. The van der Waals surface area contributed by atoms with E-state index in [2.05, 4.69) is 14.5 Å². The van der Waals surface area contributed by atoms with Crippen molar-refractivity contribution < 1.29 is 40.6 Å². The number of halogens is 7. The minimum absolute atomic E-state index is 0.158. The Balaban J connectivity index is 3.46. The number of nitrogens with zero attached hydrogens (tertiary/aromatic N) is 1. The zero-order valence-electron chi connectivity index (χ0n) is 10.1. The summed E-state index contributed by atoms with van der Waals surface area (Å²) < 4.78 is 81.8. The van der Waals surface area contributed by atoms with Crippen LogP contribution in [0.1, 0.15) is 22.8 Å². The standard InChI is InChI=1S/C10H6F6INO3/c1-2-20-8(19)5-6(17)4(9(11,12)13)3-18-7(5)21-10(14,15)16/h3H,2H2,1H3. The molecule has 0 saturated carbocycles. The second kappa shape index (κ2) is 6.23. The SMILES string of the molecule is CCOC(=O)c1c(OC(F)(F)F)ncc(C(F)(F)F)c1I. The Hall–Kier alpha value is -1.27. The van der Waals surface area contributed by atoms with Crippen LogP contribution in [0.3, 0.4) is 0 Å². The fraction of sp³-hybridized carbons (Fsp3) is 0.400. The third-order valence-corrected chi connectivity index (χ3v) is 3.10. The molecule has 0 N–H and O–H groups in total. The summed E-state index contributed by atoms with van der Waals surface area (Å²) in [5.41, 5.74) is -2.38. The van der Waals surface area contributed by atoms with Gasteiger partial charge in [-0.15, -0.1) is 13.2 Å². The maximum absolute atomic E-state index is 12.7. The number of ether oxygens (including phenoxy) is 2. The van der Waals surface area contributed by atoms with Crippen molar-refractivity contribution in [2.24, 2.45) is 0 Å². The van der Waals surface area contributed by atoms with Crippen molar-refractivity contribution in [2.45, 2.75) is 19.5 Å². The highest BCUT2D eigenvalue weighted by Crippen LogP contribution is 2.37. The number of alkyl halides is 6. The van der Waals surface area contributed by atoms with E-state index in [1.54, 1.807) is 0 Å². The zero-order chi connectivity index (χ0) is 16.4. The summed E-state index contributed by atoms with van der Waals surface area (Å²) >= 11 is 1.09. The first-order valence-electron chi connectivity index (χ1n) is 5.16. The van der Waals surface area contributed by atoms with Crippen LogP contribution in [0.15, 0.2) is 6.20 Å². The minimum atomic E-state index is -5.21. The largest absolute Gasteiger partial charge is 0.574 e. The molecule has 11 heteroatoms. The molecule has 0 radical (unpaired) electrons.